The van der Waals surface area contributed by atoms with E-state index in [0.717, 1.165) is 5.69 Å². The third kappa shape index (κ3) is 2.32. The van der Waals surface area contributed by atoms with Gasteiger partial charge in [0.15, 0.2) is 0 Å². The quantitative estimate of drug-likeness (QED) is 0.686. The summed E-state index contributed by atoms with van der Waals surface area (Å²) in [6, 6.07) is 18.3. The number of benzene rings is 2. The topological polar surface area (TPSA) is 17.8 Å². The van der Waals surface area contributed by atoms with Crippen LogP contribution in [0.25, 0.3) is 16.9 Å². The summed E-state index contributed by atoms with van der Waals surface area (Å²) >= 11 is 0. The summed E-state index contributed by atoms with van der Waals surface area (Å²) in [7, 11) is 0. The highest BCUT2D eigenvalue weighted by molar-refractivity contribution is 5.63. The Hall–Kier alpha value is -2.49. The molecule has 0 aliphatic carbocycles. The Balaban J connectivity index is 2.13. The number of hydrogen-bond donors (Lipinski definition) is 0. The number of alkyl halides is 2. The molecule has 0 radical (unpaired) electrons. The van der Waals surface area contributed by atoms with Crippen molar-refractivity contribution in [2.45, 2.75) is 6.43 Å². The van der Waals surface area contributed by atoms with Gasteiger partial charge in [-0.05, 0) is 12.1 Å². The number of rotatable bonds is 3. The van der Waals surface area contributed by atoms with Gasteiger partial charge >= 0.3 is 0 Å². The number of halogens is 2. The lowest BCUT2D eigenvalue weighted by Crippen LogP contribution is -1.93. The molecule has 20 heavy (non-hydrogen) atoms. The molecule has 4 heteroatoms. The van der Waals surface area contributed by atoms with Crippen LogP contribution in [0.5, 0.6) is 0 Å². The smallest absolute Gasteiger partial charge is 0.240 e. The lowest BCUT2D eigenvalue weighted by Gasteiger charge is -2.00. The third-order valence-electron chi connectivity index (χ3n) is 3.05. The van der Waals surface area contributed by atoms with Gasteiger partial charge in [0.2, 0.25) is 0 Å². The normalized spacial score (nSPS) is 10.9. The van der Waals surface area contributed by atoms with Gasteiger partial charge in [0, 0.05) is 11.8 Å². The number of aromatic nitrogens is 2. The van der Waals surface area contributed by atoms with Gasteiger partial charge in [-0.1, -0.05) is 48.5 Å². The van der Waals surface area contributed by atoms with E-state index >= 15 is 0 Å². The van der Waals surface area contributed by atoms with E-state index in [9.17, 15) is 8.78 Å². The second-order valence-electron chi connectivity index (χ2n) is 4.38. The molecule has 0 fully saturated rings. The summed E-state index contributed by atoms with van der Waals surface area (Å²) in [6.07, 6.45) is -1.16. The fourth-order valence-electron chi connectivity index (χ4n) is 2.08. The first-order chi connectivity index (χ1) is 9.75. The molecule has 0 spiro atoms. The molecule has 0 aliphatic rings. The van der Waals surface area contributed by atoms with E-state index in [-0.39, 0.29) is 5.56 Å². The van der Waals surface area contributed by atoms with Gasteiger partial charge in [-0.25, -0.2) is 13.5 Å². The zero-order valence-electron chi connectivity index (χ0n) is 10.6. The summed E-state index contributed by atoms with van der Waals surface area (Å²) in [4.78, 5) is 0. The van der Waals surface area contributed by atoms with Crippen LogP contribution >= 0.6 is 0 Å². The van der Waals surface area contributed by atoms with Gasteiger partial charge in [0.25, 0.3) is 6.43 Å². The van der Waals surface area contributed by atoms with E-state index in [0.29, 0.717) is 11.3 Å². The van der Waals surface area contributed by atoms with E-state index in [1.54, 1.807) is 12.1 Å². The molecule has 3 rings (SSSR count). The summed E-state index contributed by atoms with van der Waals surface area (Å²) in [5, 5.41) is 4.31. The standard InChI is InChI=1S/C16H12F2N2/c17-16(18)14-11-20(13-9-5-2-6-10-13)19-15(14)12-7-3-1-4-8-12/h1-11,16H. The van der Waals surface area contributed by atoms with E-state index in [2.05, 4.69) is 5.10 Å². The maximum absolute atomic E-state index is 13.2. The van der Waals surface area contributed by atoms with Gasteiger partial charge in [0.1, 0.15) is 5.69 Å². The molecular weight excluding hydrogens is 258 g/mol. The van der Waals surface area contributed by atoms with Crippen molar-refractivity contribution in [3.8, 4) is 16.9 Å². The van der Waals surface area contributed by atoms with Crippen molar-refractivity contribution < 1.29 is 8.78 Å². The predicted molar refractivity (Wildman–Crippen MR) is 74.0 cm³/mol. The van der Waals surface area contributed by atoms with Crippen LogP contribution in [0.2, 0.25) is 0 Å². The molecule has 0 amide bonds. The summed E-state index contributed by atoms with van der Waals surface area (Å²) < 4.78 is 27.9. The first kappa shape index (κ1) is 12.5. The Morgan fingerprint density at radius 2 is 1.45 bits per heavy atom. The summed E-state index contributed by atoms with van der Waals surface area (Å²) in [5.74, 6) is 0. The lowest BCUT2D eigenvalue weighted by molar-refractivity contribution is 0.152. The van der Waals surface area contributed by atoms with Crippen LogP contribution in [0.15, 0.2) is 66.9 Å². The van der Waals surface area contributed by atoms with Gasteiger partial charge in [-0.2, -0.15) is 5.10 Å². The SMILES string of the molecule is FC(F)c1cn(-c2ccccc2)nc1-c1ccccc1. The van der Waals surface area contributed by atoms with Crippen molar-refractivity contribution in [2.24, 2.45) is 0 Å². The molecule has 100 valence electrons. The second-order valence-corrected chi connectivity index (χ2v) is 4.38. The zero-order valence-corrected chi connectivity index (χ0v) is 10.6. The molecule has 0 atom stereocenters. The number of para-hydroxylation sites is 1. The highest BCUT2D eigenvalue weighted by Gasteiger charge is 2.19. The Bertz CT molecular complexity index is 691. The average Bonchev–Trinajstić information content (AvgIpc) is 2.94. The summed E-state index contributed by atoms with van der Waals surface area (Å²) in [6.45, 7) is 0. The van der Waals surface area contributed by atoms with Crippen molar-refractivity contribution in [2.75, 3.05) is 0 Å². The fourth-order valence-corrected chi connectivity index (χ4v) is 2.08. The van der Waals surface area contributed by atoms with E-state index in [4.69, 9.17) is 0 Å². The predicted octanol–water partition coefficient (Wildman–Crippen LogP) is 4.48. The molecule has 0 N–H and O–H groups in total. The molecule has 0 aliphatic heterocycles. The van der Waals surface area contributed by atoms with Crippen molar-refractivity contribution >= 4 is 0 Å². The molecule has 0 unspecified atom stereocenters. The Morgan fingerprint density at radius 3 is 2.05 bits per heavy atom. The van der Waals surface area contributed by atoms with Crippen LogP contribution in [0, 0.1) is 0 Å². The van der Waals surface area contributed by atoms with Crippen LogP contribution in [0.3, 0.4) is 0 Å². The largest absolute Gasteiger partial charge is 0.267 e. The second kappa shape index (κ2) is 5.25. The highest BCUT2D eigenvalue weighted by atomic mass is 19.3. The summed E-state index contributed by atoms with van der Waals surface area (Å²) in [5.41, 5.74) is 1.72. The maximum Gasteiger partial charge on any atom is 0.267 e. The Kier molecular flexibility index (Phi) is 3.29. The molecule has 3 aromatic rings. The molecule has 0 saturated heterocycles. The van der Waals surface area contributed by atoms with Gasteiger partial charge < -0.3 is 0 Å². The van der Waals surface area contributed by atoms with Gasteiger partial charge in [-0.15, -0.1) is 0 Å². The molecule has 1 heterocycles. The molecule has 0 saturated carbocycles. The fraction of sp³-hybridized carbons (Fsp3) is 0.0625. The molecule has 1 aromatic heterocycles. The average molecular weight is 270 g/mol. The Morgan fingerprint density at radius 1 is 0.850 bits per heavy atom. The zero-order chi connectivity index (χ0) is 13.9. The van der Waals surface area contributed by atoms with Crippen LogP contribution in [0.4, 0.5) is 8.78 Å². The minimum Gasteiger partial charge on any atom is -0.240 e. The van der Waals surface area contributed by atoms with E-state index in [1.807, 2.05) is 48.5 Å². The monoisotopic (exact) mass is 270 g/mol. The van der Waals surface area contributed by atoms with Crippen molar-refractivity contribution in [1.82, 2.24) is 9.78 Å². The van der Waals surface area contributed by atoms with E-state index in [1.165, 1.54) is 10.9 Å². The maximum atomic E-state index is 13.2. The molecule has 0 bridgehead atoms. The van der Waals surface area contributed by atoms with Crippen LogP contribution in [0.1, 0.15) is 12.0 Å². The molecule has 2 nitrogen and oxygen atoms in total. The van der Waals surface area contributed by atoms with Gasteiger partial charge in [-0.3, -0.25) is 0 Å². The number of nitrogens with zero attached hydrogens (tertiary/aromatic N) is 2. The van der Waals surface area contributed by atoms with E-state index < -0.39 is 6.43 Å². The third-order valence-corrected chi connectivity index (χ3v) is 3.05. The number of hydrogen-bond acceptors (Lipinski definition) is 1. The van der Waals surface area contributed by atoms with Crippen LogP contribution in [-0.2, 0) is 0 Å². The van der Waals surface area contributed by atoms with Crippen molar-refractivity contribution in [3.63, 3.8) is 0 Å². The Labute approximate surface area is 115 Å². The van der Waals surface area contributed by atoms with Crippen LogP contribution < -0.4 is 0 Å². The lowest BCUT2D eigenvalue weighted by atomic mass is 10.1. The minimum atomic E-state index is -2.55. The van der Waals surface area contributed by atoms with Crippen molar-refractivity contribution in [3.05, 3.63) is 72.4 Å². The minimum absolute atomic E-state index is 0.0555. The first-order valence-electron chi connectivity index (χ1n) is 6.24. The highest BCUT2D eigenvalue weighted by Crippen LogP contribution is 2.30. The van der Waals surface area contributed by atoms with Gasteiger partial charge in [0.05, 0.1) is 11.3 Å². The first-order valence-corrected chi connectivity index (χ1v) is 6.24. The molecule has 2 aromatic carbocycles. The van der Waals surface area contributed by atoms with Crippen LogP contribution in [-0.4, -0.2) is 9.78 Å². The van der Waals surface area contributed by atoms with Crippen molar-refractivity contribution in [1.29, 1.82) is 0 Å². The molecular formula is C16H12F2N2.